The van der Waals surface area contributed by atoms with Crippen molar-refractivity contribution in [1.29, 1.82) is 0 Å². The van der Waals surface area contributed by atoms with Crippen LogP contribution in [-0.2, 0) is 9.59 Å². The van der Waals surface area contributed by atoms with Crippen LogP contribution in [0.2, 0.25) is 0 Å². The predicted molar refractivity (Wildman–Crippen MR) is 78.4 cm³/mol. The van der Waals surface area contributed by atoms with Gasteiger partial charge in [0.15, 0.2) is 0 Å². The van der Waals surface area contributed by atoms with Crippen molar-refractivity contribution in [1.82, 2.24) is 10.4 Å². The Balaban J connectivity index is 2.30. The van der Waals surface area contributed by atoms with Gasteiger partial charge in [0.1, 0.15) is 0 Å². The summed E-state index contributed by atoms with van der Waals surface area (Å²) >= 11 is 0. The van der Waals surface area contributed by atoms with Crippen molar-refractivity contribution < 1.29 is 14.8 Å². The van der Waals surface area contributed by atoms with E-state index in [2.05, 4.69) is 12.2 Å². The van der Waals surface area contributed by atoms with Gasteiger partial charge in [-0.2, -0.15) is 0 Å². The lowest BCUT2D eigenvalue weighted by atomic mass is 9.82. The molecule has 2 rings (SSSR count). The summed E-state index contributed by atoms with van der Waals surface area (Å²) in [4.78, 5) is 23.3. The third-order valence-electron chi connectivity index (χ3n) is 4.15. The zero-order valence-corrected chi connectivity index (χ0v) is 12.2. The van der Waals surface area contributed by atoms with E-state index in [-0.39, 0.29) is 11.8 Å². The first-order valence-electron chi connectivity index (χ1n) is 7.44. The number of nitrogens with zero attached hydrogens (tertiary/aromatic N) is 1. The number of unbranched alkanes of at least 4 members (excludes halogenated alkanes) is 1. The van der Waals surface area contributed by atoms with Crippen molar-refractivity contribution >= 4 is 12.3 Å². The molecule has 3 unspecified atom stereocenters. The second kappa shape index (κ2) is 7.22. The summed E-state index contributed by atoms with van der Waals surface area (Å²) in [6.45, 7) is 2.72. The normalized spacial score (nSPS) is 22.7. The molecule has 1 aromatic carbocycles. The van der Waals surface area contributed by atoms with Crippen LogP contribution >= 0.6 is 0 Å². The molecule has 2 amide bonds. The van der Waals surface area contributed by atoms with Gasteiger partial charge < -0.3 is 5.32 Å². The van der Waals surface area contributed by atoms with Gasteiger partial charge in [0.2, 0.25) is 12.3 Å². The molecule has 5 nitrogen and oxygen atoms in total. The molecule has 1 fully saturated rings. The highest BCUT2D eigenvalue weighted by Crippen LogP contribution is 2.37. The number of hydroxylamine groups is 2. The topological polar surface area (TPSA) is 69.6 Å². The molecule has 1 aliphatic rings. The molecular weight excluding hydrogens is 268 g/mol. The third-order valence-corrected chi connectivity index (χ3v) is 4.15. The third kappa shape index (κ3) is 3.42. The van der Waals surface area contributed by atoms with Gasteiger partial charge in [0.05, 0.1) is 12.0 Å². The van der Waals surface area contributed by atoms with Crippen LogP contribution in [0.15, 0.2) is 30.3 Å². The fourth-order valence-electron chi connectivity index (χ4n) is 3.08. The van der Waals surface area contributed by atoms with Gasteiger partial charge in [0.25, 0.3) is 0 Å². The first kappa shape index (κ1) is 15.5. The summed E-state index contributed by atoms with van der Waals surface area (Å²) < 4.78 is 0. The summed E-state index contributed by atoms with van der Waals surface area (Å²) in [6.07, 6.45) is 3.38. The quantitative estimate of drug-likeness (QED) is 0.459. The van der Waals surface area contributed by atoms with Crippen LogP contribution in [0.25, 0.3) is 0 Å². The average molecular weight is 290 g/mol. The fourth-order valence-corrected chi connectivity index (χ4v) is 3.08. The Labute approximate surface area is 124 Å². The van der Waals surface area contributed by atoms with Gasteiger partial charge in [-0.1, -0.05) is 50.1 Å². The van der Waals surface area contributed by atoms with Crippen LogP contribution in [0.5, 0.6) is 0 Å². The first-order valence-corrected chi connectivity index (χ1v) is 7.44. The van der Waals surface area contributed by atoms with Crippen LogP contribution in [0, 0.1) is 11.8 Å². The van der Waals surface area contributed by atoms with E-state index < -0.39 is 12.0 Å². The number of rotatable bonds is 7. The maximum absolute atomic E-state index is 12.2. The molecule has 1 heterocycles. The van der Waals surface area contributed by atoms with Crippen LogP contribution in [0.1, 0.15) is 37.8 Å². The monoisotopic (exact) mass is 290 g/mol. The molecule has 2 N–H and O–H groups in total. The highest BCUT2D eigenvalue weighted by molar-refractivity contribution is 5.82. The standard InChI is InChI=1S/C16H22N2O3/c1-2-3-7-13-10-17-16(20)14(13)15(18(21)11-19)12-8-5-4-6-9-12/h4-6,8-9,11,13-15,21H,2-3,7,10H2,1H3,(H,17,20). The molecule has 1 aliphatic heterocycles. The summed E-state index contributed by atoms with van der Waals surface area (Å²) in [7, 11) is 0. The molecule has 1 aromatic rings. The van der Waals surface area contributed by atoms with E-state index in [1.165, 1.54) is 0 Å². The summed E-state index contributed by atoms with van der Waals surface area (Å²) in [6, 6.07) is 8.59. The summed E-state index contributed by atoms with van der Waals surface area (Å²) in [5.74, 6) is -0.364. The number of carbonyl (C=O) groups is 2. The molecular formula is C16H22N2O3. The Bertz CT molecular complexity index is 478. The molecule has 5 heteroatoms. The van der Waals surface area contributed by atoms with Crippen LogP contribution in [0.4, 0.5) is 0 Å². The highest BCUT2D eigenvalue weighted by Gasteiger charge is 2.43. The molecule has 3 atom stereocenters. The van der Waals surface area contributed by atoms with E-state index in [0.29, 0.717) is 18.0 Å². The Kier molecular flexibility index (Phi) is 5.33. The highest BCUT2D eigenvalue weighted by atomic mass is 16.5. The van der Waals surface area contributed by atoms with E-state index >= 15 is 0 Å². The lowest BCUT2D eigenvalue weighted by Gasteiger charge is -2.30. The zero-order chi connectivity index (χ0) is 15.2. The molecule has 0 saturated carbocycles. The number of nitrogens with one attached hydrogen (secondary N) is 1. The Morgan fingerprint density at radius 3 is 2.76 bits per heavy atom. The molecule has 0 bridgehead atoms. The maximum atomic E-state index is 12.2. The summed E-state index contributed by atoms with van der Waals surface area (Å²) in [5, 5.41) is 13.5. The van der Waals surface area contributed by atoms with Gasteiger partial charge in [-0.15, -0.1) is 0 Å². The SMILES string of the molecule is CCCCC1CNC(=O)C1C(c1ccccc1)N(O)C=O. The molecule has 1 saturated heterocycles. The number of benzene rings is 1. The number of hydrogen-bond acceptors (Lipinski definition) is 3. The van der Waals surface area contributed by atoms with Crippen molar-refractivity contribution in [2.24, 2.45) is 11.8 Å². The second-order valence-electron chi connectivity index (χ2n) is 5.51. The van der Waals surface area contributed by atoms with E-state index in [0.717, 1.165) is 24.8 Å². The lowest BCUT2D eigenvalue weighted by molar-refractivity contribution is -0.169. The second-order valence-corrected chi connectivity index (χ2v) is 5.51. The number of amides is 2. The average Bonchev–Trinajstić information content (AvgIpc) is 2.87. The van der Waals surface area contributed by atoms with E-state index in [1.807, 2.05) is 30.3 Å². The van der Waals surface area contributed by atoms with Gasteiger partial charge in [-0.05, 0) is 17.9 Å². The zero-order valence-electron chi connectivity index (χ0n) is 12.2. The Hall–Kier alpha value is -1.88. The van der Waals surface area contributed by atoms with Crippen molar-refractivity contribution in [3.05, 3.63) is 35.9 Å². The minimum atomic E-state index is -0.631. The van der Waals surface area contributed by atoms with Gasteiger partial charge in [-0.3, -0.25) is 14.8 Å². The Morgan fingerprint density at radius 2 is 2.14 bits per heavy atom. The smallest absolute Gasteiger partial charge is 0.233 e. The largest absolute Gasteiger partial charge is 0.355 e. The lowest BCUT2D eigenvalue weighted by Crippen LogP contribution is -2.36. The first-order chi connectivity index (χ1) is 10.2. The summed E-state index contributed by atoms with van der Waals surface area (Å²) in [5.41, 5.74) is 0.774. The van der Waals surface area contributed by atoms with E-state index in [1.54, 1.807) is 0 Å². The molecule has 0 aliphatic carbocycles. The number of hydrogen-bond donors (Lipinski definition) is 2. The van der Waals surface area contributed by atoms with Crippen LogP contribution in [0.3, 0.4) is 0 Å². The molecule has 0 spiro atoms. The predicted octanol–water partition coefficient (Wildman–Crippen LogP) is 2.13. The van der Waals surface area contributed by atoms with Crippen molar-refractivity contribution in [3.63, 3.8) is 0 Å². The molecule has 0 radical (unpaired) electrons. The van der Waals surface area contributed by atoms with Crippen molar-refractivity contribution in [2.75, 3.05) is 6.54 Å². The van der Waals surface area contributed by atoms with Gasteiger partial charge >= 0.3 is 0 Å². The minimum absolute atomic E-state index is 0.0918. The van der Waals surface area contributed by atoms with Gasteiger partial charge in [-0.25, -0.2) is 5.06 Å². The molecule has 21 heavy (non-hydrogen) atoms. The maximum Gasteiger partial charge on any atom is 0.233 e. The van der Waals surface area contributed by atoms with Crippen molar-refractivity contribution in [2.45, 2.75) is 32.2 Å². The molecule has 0 aromatic heterocycles. The molecule has 114 valence electrons. The van der Waals surface area contributed by atoms with E-state index in [9.17, 15) is 14.8 Å². The Morgan fingerprint density at radius 1 is 1.43 bits per heavy atom. The van der Waals surface area contributed by atoms with Crippen LogP contribution < -0.4 is 5.32 Å². The van der Waals surface area contributed by atoms with Crippen LogP contribution in [-0.4, -0.2) is 29.1 Å². The minimum Gasteiger partial charge on any atom is -0.355 e. The van der Waals surface area contributed by atoms with E-state index in [4.69, 9.17) is 0 Å². The number of carbonyl (C=O) groups excluding carboxylic acids is 2. The van der Waals surface area contributed by atoms with Gasteiger partial charge in [0, 0.05) is 6.54 Å². The fraction of sp³-hybridized carbons (Fsp3) is 0.500. The van der Waals surface area contributed by atoms with Crippen molar-refractivity contribution in [3.8, 4) is 0 Å².